The molecule has 0 saturated carbocycles. The summed E-state index contributed by atoms with van der Waals surface area (Å²) < 4.78 is 25.6. The summed E-state index contributed by atoms with van der Waals surface area (Å²) in [6.07, 6.45) is 1.19. The third-order valence-electron chi connectivity index (χ3n) is 1.53. The molecule has 0 unspecified atom stereocenters. The Labute approximate surface area is 80.5 Å². The molecule has 0 atom stereocenters. The van der Waals surface area contributed by atoms with E-state index in [0.29, 0.717) is 22.9 Å². The van der Waals surface area contributed by atoms with Crippen molar-refractivity contribution in [1.29, 1.82) is 0 Å². The third kappa shape index (κ3) is 2.70. The molecule has 1 aliphatic carbocycles. The number of rotatable bonds is 0. The molecule has 0 bridgehead atoms. The van der Waals surface area contributed by atoms with E-state index in [0.717, 1.165) is 0 Å². The van der Waals surface area contributed by atoms with Gasteiger partial charge in [-0.2, -0.15) is 0 Å². The van der Waals surface area contributed by atoms with Crippen molar-refractivity contribution < 1.29 is 8.78 Å². The maximum absolute atomic E-state index is 12.6. The van der Waals surface area contributed by atoms with E-state index in [1.165, 1.54) is 0 Å². The van der Waals surface area contributed by atoms with Crippen molar-refractivity contribution in [3.63, 3.8) is 0 Å². The Morgan fingerprint density at radius 3 is 2.00 bits per heavy atom. The van der Waals surface area contributed by atoms with Crippen LogP contribution >= 0.6 is 15.9 Å². The molecule has 0 aromatic rings. The van der Waals surface area contributed by atoms with Crippen molar-refractivity contribution in [2.75, 3.05) is 0 Å². The molecule has 1 aliphatic rings. The van der Waals surface area contributed by atoms with Gasteiger partial charge in [0.1, 0.15) is 0 Å². The van der Waals surface area contributed by atoms with Gasteiger partial charge >= 0.3 is 0 Å². The molecule has 0 nitrogen and oxygen atoms in total. The van der Waals surface area contributed by atoms with Crippen LogP contribution in [0, 0.1) is 0 Å². The zero-order valence-electron chi connectivity index (χ0n) is 7.55. The predicted molar refractivity (Wildman–Crippen MR) is 51.5 cm³/mol. The standard InChI is InChI=1S/C7H7BrF2.C2H6/c1-4-2-3-5(8)7(10)6(4)9;1-2/h2-3H2,1H3;1-2H3. The zero-order valence-corrected chi connectivity index (χ0v) is 9.13. The average Bonchev–Trinajstić information content (AvgIpc) is 2.12. The summed E-state index contributed by atoms with van der Waals surface area (Å²) in [6.45, 7) is 5.61. The molecule has 0 spiro atoms. The predicted octanol–water partition coefficient (Wildman–Crippen LogP) is 4.63. The van der Waals surface area contributed by atoms with Crippen LogP contribution in [0.3, 0.4) is 0 Å². The number of hydrogen-bond acceptors (Lipinski definition) is 0. The highest BCUT2D eigenvalue weighted by molar-refractivity contribution is 9.11. The first kappa shape index (κ1) is 11.8. The second kappa shape index (κ2) is 5.46. The summed E-state index contributed by atoms with van der Waals surface area (Å²) in [5, 5.41) is 0. The molecule has 0 saturated heterocycles. The van der Waals surface area contributed by atoms with Gasteiger partial charge in [0.2, 0.25) is 0 Å². The number of halogens is 3. The van der Waals surface area contributed by atoms with Crippen LogP contribution in [0.2, 0.25) is 0 Å². The minimum atomic E-state index is -0.733. The molecule has 0 aromatic heterocycles. The Hall–Kier alpha value is -0.180. The Morgan fingerprint density at radius 2 is 1.58 bits per heavy atom. The highest BCUT2D eigenvalue weighted by atomic mass is 79.9. The molecular weight excluding hydrogens is 226 g/mol. The lowest BCUT2D eigenvalue weighted by atomic mass is 10.1. The van der Waals surface area contributed by atoms with Gasteiger partial charge < -0.3 is 0 Å². The molecule has 3 heteroatoms. The second-order valence-electron chi connectivity index (χ2n) is 2.31. The van der Waals surface area contributed by atoms with Crippen LogP contribution in [0.15, 0.2) is 21.7 Å². The smallest absolute Gasteiger partial charge is 0.168 e. The van der Waals surface area contributed by atoms with E-state index in [4.69, 9.17) is 0 Å². The van der Waals surface area contributed by atoms with E-state index < -0.39 is 11.7 Å². The molecule has 0 aromatic carbocycles. The van der Waals surface area contributed by atoms with E-state index in [9.17, 15) is 8.78 Å². The minimum Gasteiger partial charge on any atom is -0.204 e. The van der Waals surface area contributed by atoms with Gasteiger partial charge in [-0.3, -0.25) is 0 Å². The summed E-state index contributed by atoms with van der Waals surface area (Å²) in [5.41, 5.74) is 0.501. The van der Waals surface area contributed by atoms with Gasteiger partial charge in [0.05, 0.1) is 0 Å². The van der Waals surface area contributed by atoms with Crippen molar-refractivity contribution in [3.05, 3.63) is 21.7 Å². The summed E-state index contributed by atoms with van der Waals surface area (Å²) >= 11 is 2.95. The monoisotopic (exact) mass is 238 g/mol. The van der Waals surface area contributed by atoms with Crippen LogP contribution in [-0.4, -0.2) is 0 Å². The summed E-state index contributed by atoms with van der Waals surface area (Å²) in [4.78, 5) is 0. The van der Waals surface area contributed by atoms with Gasteiger partial charge in [0.15, 0.2) is 11.7 Å². The first-order valence-corrected chi connectivity index (χ1v) is 4.82. The van der Waals surface area contributed by atoms with Gasteiger partial charge in [-0.25, -0.2) is 8.78 Å². The lowest BCUT2D eigenvalue weighted by molar-refractivity contribution is 0.518. The fourth-order valence-corrected chi connectivity index (χ4v) is 1.20. The van der Waals surface area contributed by atoms with Crippen molar-refractivity contribution in [2.24, 2.45) is 0 Å². The topological polar surface area (TPSA) is 0 Å². The average molecular weight is 239 g/mol. The van der Waals surface area contributed by atoms with Crippen LogP contribution in [0.25, 0.3) is 0 Å². The van der Waals surface area contributed by atoms with Gasteiger partial charge in [-0.1, -0.05) is 29.8 Å². The largest absolute Gasteiger partial charge is 0.204 e. The lowest BCUT2D eigenvalue weighted by Gasteiger charge is -2.10. The molecule has 70 valence electrons. The summed E-state index contributed by atoms with van der Waals surface area (Å²) in [7, 11) is 0. The lowest BCUT2D eigenvalue weighted by Crippen LogP contribution is -1.94. The van der Waals surface area contributed by atoms with Crippen LogP contribution in [0.1, 0.15) is 33.6 Å². The molecule has 0 aliphatic heterocycles. The third-order valence-corrected chi connectivity index (χ3v) is 2.27. The Balaban J connectivity index is 0.000000561. The van der Waals surface area contributed by atoms with Crippen LogP contribution in [-0.2, 0) is 0 Å². The van der Waals surface area contributed by atoms with Gasteiger partial charge in [-0.15, -0.1) is 0 Å². The molecule has 0 fully saturated rings. The maximum Gasteiger partial charge on any atom is 0.168 e. The molecule has 1 rings (SSSR count). The molecule has 0 N–H and O–H groups in total. The van der Waals surface area contributed by atoms with Crippen molar-refractivity contribution in [3.8, 4) is 0 Å². The van der Waals surface area contributed by atoms with E-state index in [1.54, 1.807) is 6.92 Å². The fourth-order valence-electron chi connectivity index (χ4n) is 0.823. The molecular formula is C9H13BrF2. The van der Waals surface area contributed by atoms with Crippen molar-refractivity contribution in [2.45, 2.75) is 33.6 Å². The van der Waals surface area contributed by atoms with E-state index in [2.05, 4.69) is 15.9 Å². The Bertz CT molecular complexity index is 193. The van der Waals surface area contributed by atoms with Crippen LogP contribution in [0.4, 0.5) is 8.78 Å². The minimum absolute atomic E-state index is 0.343. The highest BCUT2D eigenvalue weighted by Crippen LogP contribution is 2.34. The van der Waals surface area contributed by atoms with Crippen molar-refractivity contribution >= 4 is 15.9 Å². The van der Waals surface area contributed by atoms with Gasteiger partial charge in [-0.05, 0) is 25.3 Å². The van der Waals surface area contributed by atoms with E-state index in [-0.39, 0.29) is 0 Å². The van der Waals surface area contributed by atoms with Crippen LogP contribution in [0.5, 0.6) is 0 Å². The summed E-state index contributed by atoms with van der Waals surface area (Å²) in [6, 6.07) is 0. The quantitative estimate of drug-likeness (QED) is 0.578. The number of allylic oxidation sites excluding steroid dienone is 4. The SMILES string of the molecule is CC.CC1=C(F)C(F)=C(Br)CC1. The normalized spacial score (nSPS) is 17.5. The number of hydrogen-bond donors (Lipinski definition) is 0. The maximum atomic E-state index is 12.6. The van der Waals surface area contributed by atoms with E-state index in [1.807, 2.05) is 13.8 Å². The van der Waals surface area contributed by atoms with Crippen LogP contribution < -0.4 is 0 Å². The van der Waals surface area contributed by atoms with Gasteiger partial charge in [0.25, 0.3) is 0 Å². The second-order valence-corrected chi connectivity index (χ2v) is 3.27. The van der Waals surface area contributed by atoms with E-state index >= 15 is 0 Å². The zero-order chi connectivity index (χ0) is 9.72. The molecule has 0 amide bonds. The Kier molecular flexibility index (Phi) is 5.38. The van der Waals surface area contributed by atoms with Crippen molar-refractivity contribution in [1.82, 2.24) is 0 Å². The van der Waals surface area contributed by atoms with Gasteiger partial charge in [0, 0.05) is 4.48 Å². The molecule has 0 heterocycles. The first-order chi connectivity index (χ1) is 5.63. The Morgan fingerprint density at radius 1 is 1.08 bits per heavy atom. The first-order valence-electron chi connectivity index (χ1n) is 4.02. The summed E-state index contributed by atoms with van der Waals surface area (Å²) in [5.74, 6) is -1.43. The molecule has 12 heavy (non-hydrogen) atoms. The highest BCUT2D eigenvalue weighted by Gasteiger charge is 2.17. The fraction of sp³-hybridized carbons (Fsp3) is 0.556. The molecule has 0 radical (unpaired) electrons.